The molecule has 5 heteroatoms. The van der Waals surface area contributed by atoms with Gasteiger partial charge in [-0.3, -0.25) is 9.59 Å². The lowest BCUT2D eigenvalue weighted by atomic mass is 10.2. The molecule has 1 aromatic carbocycles. The fourth-order valence-electron chi connectivity index (χ4n) is 1.73. The molecule has 0 spiro atoms. The summed E-state index contributed by atoms with van der Waals surface area (Å²) in [5, 5.41) is 20.8. The SMILES string of the molecule is O=C(O)[C@@H]1C[C@H]1C(=O)NCc1ccccc1O. The van der Waals surface area contributed by atoms with Crippen LogP contribution >= 0.6 is 0 Å². The van der Waals surface area contributed by atoms with Gasteiger partial charge in [-0.25, -0.2) is 0 Å². The Morgan fingerprint density at radius 3 is 2.59 bits per heavy atom. The van der Waals surface area contributed by atoms with Crippen molar-refractivity contribution in [3.63, 3.8) is 0 Å². The van der Waals surface area contributed by atoms with Crippen molar-refractivity contribution in [3.8, 4) is 5.75 Å². The Balaban J connectivity index is 1.86. The second kappa shape index (κ2) is 4.45. The number of aromatic hydroxyl groups is 1. The van der Waals surface area contributed by atoms with Crippen LogP contribution < -0.4 is 5.32 Å². The molecule has 0 bridgehead atoms. The lowest BCUT2D eigenvalue weighted by molar-refractivity contribution is -0.140. The quantitative estimate of drug-likeness (QED) is 0.718. The second-order valence-electron chi connectivity index (χ2n) is 4.13. The molecule has 1 aliphatic carbocycles. The molecule has 90 valence electrons. The molecule has 1 fully saturated rings. The number of para-hydroxylation sites is 1. The van der Waals surface area contributed by atoms with Crippen molar-refractivity contribution in [1.82, 2.24) is 5.32 Å². The summed E-state index contributed by atoms with van der Waals surface area (Å²) in [4.78, 5) is 22.1. The zero-order valence-electron chi connectivity index (χ0n) is 9.09. The Morgan fingerprint density at radius 2 is 2.00 bits per heavy atom. The molecule has 0 aromatic heterocycles. The average Bonchev–Trinajstić information content (AvgIpc) is 3.07. The Hall–Kier alpha value is -2.04. The first-order valence-electron chi connectivity index (χ1n) is 5.37. The molecule has 1 aromatic rings. The predicted octanol–water partition coefficient (Wildman–Crippen LogP) is 0.729. The lowest BCUT2D eigenvalue weighted by Crippen LogP contribution is -2.25. The highest BCUT2D eigenvalue weighted by Crippen LogP contribution is 2.38. The number of rotatable bonds is 4. The van der Waals surface area contributed by atoms with Crippen LogP contribution in [0.1, 0.15) is 12.0 Å². The van der Waals surface area contributed by atoms with Crippen molar-refractivity contribution in [2.24, 2.45) is 11.8 Å². The first-order chi connectivity index (χ1) is 8.09. The van der Waals surface area contributed by atoms with E-state index in [9.17, 15) is 14.7 Å². The Bertz CT molecular complexity index is 458. The van der Waals surface area contributed by atoms with Crippen LogP contribution in [-0.4, -0.2) is 22.1 Å². The molecule has 2 rings (SSSR count). The minimum absolute atomic E-state index is 0.124. The summed E-state index contributed by atoms with van der Waals surface area (Å²) in [5.74, 6) is -2.02. The fraction of sp³-hybridized carbons (Fsp3) is 0.333. The van der Waals surface area contributed by atoms with Gasteiger partial charge in [0, 0.05) is 12.1 Å². The van der Waals surface area contributed by atoms with E-state index < -0.39 is 17.8 Å². The van der Waals surface area contributed by atoms with Gasteiger partial charge in [-0.1, -0.05) is 18.2 Å². The fourth-order valence-corrected chi connectivity index (χ4v) is 1.73. The van der Waals surface area contributed by atoms with Crippen LogP contribution in [0.5, 0.6) is 5.75 Å². The van der Waals surface area contributed by atoms with E-state index in [1.807, 2.05) is 0 Å². The molecule has 1 saturated carbocycles. The van der Waals surface area contributed by atoms with Crippen molar-refractivity contribution < 1.29 is 19.8 Å². The summed E-state index contributed by atoms with van der Waals surface area (Å²) in [5.41, 5.74) is 0.619. The third-order valence-corrected chi connectivity index (χ3v) is 2.89. The van der Waals surface area contributed by atoms with Gasteiger partial charge in [-0.05, 0) is 12.5 Å². The van der Waals surface area contributed by atoms with Crippen molar-refractivity contribution in [2.75, 3.05) is 0 Å². The Morgan fingerprint density at radius 1 is 1.29 bits per heavy atom. The summed E-state index contributed by atoms with van der Waals surface area (Å²) in [6, 6.07) is 6.70. The van der Waals surface area contributed by atoms with E-state index >= 15 is 0 Å². The van der Waals surface area contributed by atoms with E-state index in [0.29, 0.717) is 12.0 Å². The van der Waals surface area contributed by atoms with E-state index in [0.717, 1.165) is 0 Å². The molecule has 0 unspecified atom stereocenters. The minimum Gasteiger partial charge on any atom is -0.508 e. The maximum atomic E-state index is 11.5. The second-order valence-corrected chi connectivity index (χ2v) is 4.13. The molecule has 5 nitrogen and oxygen atoms in total. The minimum atomic E-state index is -0.923. The van der Waals surface area contributed by atoms with Crippen molar-refractivity contribution in [3.05, 3.63) is 29.8 Å². The zero-order valence-corrected chi connectivity index (χ0v) is 9.09. The van der Waals surface area contributed by atoms with Crippen molar-refractivity contribution in [2.45, 2.75) is 13.0 Å². The first kappa shape index (κ1) is 11.4. The van der Waals surface area contributed by atoms with Gasteiger partial charge in [0.2, 0.25) is 5.91 Å². The monoisotopic (exact) mass is 235 g/mol. The highest BCUT2D eigenvalue weighted by atomic mass is 16.4. The molecular weight excluding hydrogens is 222 g/mol. The smallest absolute Gasteiger partial charge is 0.307 e. The molecule has 0 heterocycles. The topological polar surface area (TPSA) is 86.6 Å². The molecule has 17 heavy (non-hydrogen) atoms. The number of nitrogens with one attached hydrogen (secondary N) is 1. The molecule has 2 atom stereocenters. The van der Waals surface area contributed by atoms with Gasteiger partial charge in [0.15, 0.2) is 0 Å². The van der Waals surface area contributed by atoms with E-state index in [4.69, 9.17) is 5.11 Å². The van der Waals surface area contributed by atoms with Gasteiger partial charge in [-0.2, -0.15) is 0 Å². The van der Waals surface area contributed by atoms with E-state index in [2.05, 4.69) is 5.32 Å². The summed E-state index contributed by atoms with van der Waals surface area (Å²) in [7, 11) is 0. The maximum absolute atomic E-state index is 11.5. The normalized spacial score (nSPS) is 21.9. The molecule has 1 amide bonds. The summed E-state index contributed by atoms with van der Waals surface area (Å²) < 4.78 is 0. The number of carbonyl (C=O) groups excluding carboxylic acids is 1. The largest absolute Gasteiger partial charge is 0.508 e. The number of amides is 1. The number of phenols is 1. The Labute approximate surface area is 98.1 Å². The molecule has 0 aliphatic heterocycles. The average molecular weight is 235 g/mol. The molecule has 0 saturated heterocycles. The van der Waals surface area contributed by atoms with Crippen LogP contribution in [0.15, 0.2) is 24.3 Å². The lowest BCUT2D eigenvalue weighted by Gasteiger charge is -2.06. The number of aliphatic carboxylic acids is 1. The highest BCUT2D eigenvalue weighted by Gasteiger charge is 2.48. The number of hydrogen-bond donors (Lipinski definition) is 3. The molecule has 1 aliphatic rings. The molecule has 3 N–H and O–H groups in total. The summed E-state index contributed by atoms with van der Waals surface area (Å²) in [6.07, 6.45) is 0.405. The van der Waals surface area contributed by atoms with Gasteiger partial charge in [-0.15, -0.1) is 0 Å². The van der Waals surface area contributed by atoms with E-state index in [-0.39, 0.29) is 18.2 Å². The zero-order chi connectivity index (χ0) is 12.4. The van der Waals surface area contributed by atoms with Gasteiger partial charge in [0.05, 0.1) is 11.8 Å². The number of carbonyl (C=O) groups is 2. The van der Waals surface area contributed by atoms with Crippen LogP contribution in [0.2, 0.25) is 0 Å². The molecular formula is C12H13NO4. The number of benzene rings is 1. The third-order valence-electron chi connectivity index (χ3n) is 2.89. The van der Waals surface area contributed by atoms with Crippen molar-refractivity contribution in [1.29, 1.82) is 0 Å². The predicted molar refractivity (Wildman–Crippen MR) is 59.2 cm³/mol. The van der Waals surface area contributed by atoms with Crippen molar-refractivity contribution >= 4 is 11.9 Å². The molecule has 0 radical (unpaired) electrons. The standard InChI is InChI=1S/C12H13NO4/c14-10-4-2-1-3-7(10)6-13-11(15)8-5-9(8)12(16)17/h1-4,8-9,14H,5-6H2,(H,13,15)(H,16,17)/t8-,9-/m1/s1. The van der Waals surface area contributed by atoms with Crippen LogP contribution in [0.4, 0.5) is 0 Å². The number of hydrogen-bond acceptors (Lipinski definition) is 3. The highest BCUT2D eigenvalue weighted by molar-refractivity contribution is 5.89. The number of carboxylic acids is 1. The maximum Gasteiger partial charge on any atom is 0.307 e. The van der Waals surface area contributed by atoms with Crippen LogP contribution in [0, 0.1) is 11.8 Å². The van der Waals surface area contributed by atoms with Gasteiger partial charge in [0.1, 0.15) is 5.75 Å². The van der Waals surface area contributed by atoms with E-state index in [1.54, 1.807) is 24.3 Å². The van der Waals surface area contributed by atoms with Crippen LogP contribution in [-0.2, 0) is 16.1 Å². The van der Waals surface area contributed by atoms with Gasteiger partial charge < -0.3 is 15.5 Å². The first-order valence-corrected chi connectivity index (χ1v) is 5.37. The van der Waals surface area contributed by atoms with Crippen LogP contribution in [0.3, 0.4) is 0 Å². The van der Waals surface area contributed by atoms with Crippen LogP contribution in [0.25, 0.3) is 0 Å². The van der Waals surface area contributed by atoms with Gasteiger partial charge >= 0.3 is 5.97 Å². The van der Waals surface area contributed by atoms with E-state index in [1.165, 1.54) is 0 Å². The number of phenolic OH excluding ortho intramolecular Hbond substituents is 1. The summed E-state index contributed by atoms with van der Waals surface area (Å²) in [6.45, 7) is 0.217. The van der Waals surface area contributed by atoms with Gasteiger partial charge in [0.25, 0.3) is 0 Å². The Kier molecular flexibility index (Phi) is 2.99. The summed E-state index contributed by atoms with van der Waals surface area (Å²) >= 11 is 0. The number of carboxylic acid groups (broad SMARTS) is 1. The third kappa shape index (κ3) is 2.55.